The largest absolute Gasteiger partial charge is 0.347 e. The first-order valence-electron chi connectivity index (χ1n) is 2.30. The highest BCUT2D eigenvalue weighted by Gasteiger charge is 1.96. The Morgan fingerprint density at radius 3 is 2.44 bits per heavy atom. The molecular formula is C4H7IN2O2. The molecule has 0 aliphatic rings. The van der Waals surface area contributed by atoms with Crippen molar-refractivity contribution < 1.29 is 9.59 Å². The molecule has 2 N–H and O–H groups in total. The second-order valence-electron chi connectivity index (χ2n) is 1.43. The molecule has 0 aliphatic carbocycles. The summed E-state index contributed by atoms with van der Waals surface area (Å²) in [5.74, 6) is -0.402. The zero-order valence-electron chi connectivity index (χ0n) is 4.90. The number of carbonyl (C=O) groups is 2. The van der Waals surface area contributed by atoms with E-state index in [0.29, 0.717) is 0 Å². The lowest BCUT2D eigenvalue weighted by Gasteiger charge is -1.96. The molecule has 0 saturated heterocycles. The highest BCUT2D eigenvalue weighted by Crippen LogP contribution is 1.69. The average molecular weight is 242 g/mol. The van der Waals surface area contributed by atoms with Gasteiger partial charge in [0.05, 0.1) is 29.4 Å². The van der Waals surface area contributed by atoms with Crippen molar-refractivity contribution in [2.75, 3.05) is 6.54 Å². The van der Waals surface area contributed by atoms with Gasteiger partial charge in [0.25, 0.3) is 0 Å². The van der Waals surface area contributed by atoms with Gasteiger partial charge in [-0.25, -0.2) is 0 Å². The number of carbonyl (C=O) groups excluding carboxylic acids is 2. The third kappa shape index (κ3) is 5.54. The van der Waals surface area contributed by atoms with E-state index in [1.165, 1.54) is 6.92 Å². The van der Waals surface area contributed by atoms with E-state index in [0.717, 1.165) is 0 Å². The molecule has 0 fully saturated rings. The standard InChI is InChI=1S/C4H7IN2O2/c1-3(8)6-2-4(9)7-5/h2H2,1H3,(H,6,8)(H,7,9). The van der Waals surface area contributed by atoms with Gasteiger partial charge in [-0.1, -0.05) is 0 Å². The van der Waals surface area contributed by atoms with E-state index in [9.17, 15) is 9.59 Å². The zero-order valence-corrected chi connectivity index (χ0v) is 7.06. The van der Waals surface area contributed by atoms with Crippen LogP contribution in [0.2, 0.25) is 0 Å². The summed E-state index contributed by atoms with van der Waals surface area (Å²) in [6.07, 6.45) is 0. The van der Waals surface area contributed by atoms with Crippen molar-refractivity contribution in [1.29, 1.82) is 0 Å². The SMILES string of the molecule is CC(=O)NCC(=O)NI. The Labute approximate surface area is 66.9 Å². The molecule has 0 aliphatic heterocycles. The number of hydrogen-bond acceptors (Lipinski definition) is 2. The molecule has 5 heteroatoms. The monoisotopic (exact) mass is 242 g/mol. The fourth-order valence-electron chi connectivity index (χ4n) is 0.238. The Hall–Kier alpha value is -0.330. The quantitative estimate of drug-likeness (QED) is 0.510. The molecule has 4 nitrogen and oxygen atoms in total. The van der Waals surface area contributed by atoms with Gasteiger partial charge in [-0.2, -0.15) is 0 Å². The van der Waals surface area contributed by atoms with Crippen LogP contribution < -0.4 is 8.85 Å². The Kier molecular flexibility index (Phi) is 4.37. The lowest BCUT2D eigenvalue weighted by Crippen LogP contribution is -2.31. The average Bonchev–Trinajstić information content (AvgIpc) is 1.83. The van der Waals surface area contributed by atoms with E-state index < -0.39 is 0 Å². The highest BCUT2D eigenvalue weighted by molar-refractivity contribution is 14.1. The van der Waals surface area contributed by atoms with Gasteiger partial charge in [-0.15, -0.1) is 0 Å². The van der Waals surface area contributed by atoms with Crippen molar-refractivity contribution in [3.05, 3.63) is 0 Å². The fraction of sp³-hybridized carbons (Fsp3) is 0.500. The summed E-state index contributed by atoms with van der Waals surface area (Å²) in [5, 5.41) is 2.34. The maximum Gasteiger partial charge on any atom is 0.247 e. The third-order valence-corrected chi connectivity index (χ3v) is 1.20. The first-order valence-corrected chi connectivity index (χ1v) is 3.38. The van der Waals surface area contributed by atoms with Crippen molar-refractivity contribution >= 4 is 34.7 Å². The normalized spacial score (nSPS) is 8.22. The molecule has 9 heavy (non-hydrogen) atoms. The molecule has 0 atom stereocenters. The molecule has 0 aromatic heterocycles. The van der Waals surface area contributed by atoms with Crippen molar-refractivity contribution in [2.24, 2.45) is 0 Å². The van der Waals surface area contributed by atoms with Gasteiger partial charge in [0.15, 0.2) is 0 Å². The van der Waals surface area contributed by atoms with Crippen LogP contribution in [0.15, 0.2) is 0 Å². The van der Waals surface area contributed by atoms with Crippen LogP contribution in [0.5, 0.6) is 0 Å². The summed E-state index contributed by atoms with van der Waals surface area (Å²) in [6.45, 7) is 1.42. The summed E-state index contributed by atoms with van der Waals surface area (Å²) >= 11 is 1.71. The summed E-state index contributed by atoms with van der Waals surface area (Å²) in [6, 6.07) is 0. The van der Waals surface area contributed by atoms with Gasteiger partial charge in [-0.05, 0) is 0 Å². The Morgan fingerprint density at radius 1 is 1.56 bits per heavy atom. The van der Waals surface area contributed by atoms with Gasteiger partial charge in [-0.3, -0.25) is 13.1 Å². The number of nitrogens with one attached hydrogen (secondary N) is 2. The van der Waals surface area contributed by atoms with E-state index in [4.69, 9.17) is 0 Å². The molecule has 0 saturated carbocycles. The number of rotatable bonds is 2. The highest BCUT2D eigenvalue weighted by atomic mass is 127. The molecular weight excluding hydrogens is 235 g/mol. The first-order chi connectivity index (χ1) is 4.16. The second-order valence-corrected chi connectivity index (χ2v) is 1.97. The van der Waals surface area contributed by atoms with Crippen LogP contribution in [0.4, 0.5) is 0 Å². The molecule has 0 radical (unpaired) electrons. The third-order valence-electron chi connectivity index (χ3n) is 0.603. The lowest BCUT2D eigenvalue weighted by atomic mass is 10.6. The van der Waals surface area contributed by atoms with Gasteiger partial charge in [0.1, 0.15) is 0 Å². The van der Waals surface area contributed by atoms with Crippen LogP contribution in [0.25, 0.3) is 0 Å². The molecule has 0 aromatic carbocycles. The van der Waals surface area contributed by atoms with E-state index in [1.807, 2.05) is 0 Å². The van der Waals surface area contributed by atoms with Crippen LogP contribution in [-0.4, -0.2) is 18.4 Å². The summed E-state index contributed by atoms with van der Waals surface area (Å²) < 4.78 is 2.34. The van der Waals surface area contributed by atoms with Gasteiger partial charge in [0.2, 0.25) is 11.8 Å². The van der Waals surface area contributed by atoms with Crippen LogP contribution in [0, 0.1) is 0 Å². The smallest absolute Gasteiger partial charge is 0.247 e. The molecule has 0 aromatic rings. The zero-order chi connectivity index (χ0) is 7.28. The van der Waals surface area contributed by atoms with Crippen LogP contribution in [0.1, 0.15) is 6.92 Å². The van der Waals surface area contributed by atoms with Crippen molar-refractivity contribution in [3.8, 4) is 0 Å². The Morgan fingerprint density at radius 2 is 2.11 bits per heavy atom. The second kappa shape index (κ2) is 4.54. The maximum absolute atomic E-state index is 10.4. The minimum Gasteiger partial charge on any atom is -0.347 e. The summed E-state index contributed by atoms with van der Waals surface area (Å²) in [4.78, 5) is 20.6. The minimum absolute atomic E-state index is 0.0538. The molecule has 0 bridgehead atoms. The minimum atomic E-state index is -0.203. The molecule has 2 amide bonds. The molecule has 0 heterocycles. The van der Waals surface area contributed by atoms with Crippen LogP contribution in [0.3, 0.4) is 0 Å². The number of hydrogen-bond donors (Lipinski definition) is 2. The topological polar surface area (TPSA) is 58.2 Å². The predicted octanol–water partition coefficient (Wildman–Crippen LogP) is -0.411. The van der Waals surface area contributed by atoms with E-state index in [-0.39, 0.29) is 18.4 Å². The Balaban J connectivity index is 3.28. The maximum atomic E-state index is 10.4. The van der Waals surface area contributed by atoms with Gasteiger partial charge >= 0.3 is 0 Å². The number of amides is 2. The van der Waals surface area contributed by atoms with Gasteiger partial charge in [0, 0.05) is 6.92 Å². The first kappa shape index (κ1) is 8.67. The molecule has 0 spiro atoms. The van der Waals surface area contributed by atoms with E-state index >= 15 is 0 Å². The van der Waals surface area contributed by atoms with Crippen molar-refractivity contribution in [2.45, 2.75) is 6.92 Å². The van der Waals surface area contributed by atoms with E-state index in [1.54, 1.807) is 22.9 Å². The van der Waals surface area contributed by atoms with Crippen LogP contribution >= 0.6 is 22.9 Å². The molecule has 52 valence electrons. The summed E-state index contributed by atoms with van der Waals surface area (Å²) in [7, 11) is 0. The summed E-state index contributed by atoms with van der Waals surface area (Å²) in [5.41, 5.74) is 0. The van der Waals surface area contributed by atoms with Crippen molar-refractivity contribution in [3.63, 3.8) is 0 Å². The van der Waals surface area contributed by atoms with Crippen molar-refractivity contribution in [1.82, 2.24) is 8.85 Å². The predicted molar refractivity (Wildman–Crippen MR) is 40.8 cm³/mol. The Bertz CT molecular complexity index is 126. The molecule has 0 unspecified atom stereocenters. The van der Waals surface area contributed by atoms with Crippen LogP contribution in [-0.2, 0) is 9.59 Å². The van der Waals surface area contributed by atoms with E-state index in [2.05, 4.69) is 8.85 Å². The number of halogens is 1. The lowest BCUT2D eigenvalue weighted by molar-refractivity contribution is -0.123. The molecule has 0 rings (SSSR count). The fourth-order valence-corrected chi connectivity index (χ4v) is 0.429. The van der Waals surface area contributed by atoms with Gasteiger partial charge < -0.3 is 5.32 Å².